The molecule has 0 amide bonds. The van der Waals surface area contributed by atoms with E-state index in [-0.39, 0.29) is 0 Å². The third-order valence-corrected chi connectivity index (χ3v) is 4.26. The standard InChI is InChI=1S/C20H24N4/c1-3-14-9-7-10-15(4-2)19(14)24-20(21)22-13-17-12-16-8-5-6-11-18(16)23-17/h5-12,23H,3-4,13H2,1-2H3,(H3,21,22,24). The lowest BCUT2D eigenvalue weighted by Gasteiger charge is -2.14. The van der Waals surface area contributed by atoms with Crippen molar-refractivity contribution in [3.63, 3.8) is 0 Å². The molecule has 0 aliphatic heterocycles. The molecule has 2 aromatic carbocycles. The fraction of sp³-hybridized carbons (Fsp3) is 0.250. The number of anilines is 1. The van der Waals surface area contributed by atoms with Crippen LogP contribution in [-0.2, 0) is 19.4 Å². The van der Waals surface area contributed by atoms with E-state index in [9.17, 15) is 0 Å². The molecule has 0 spiro atoms. The van der Waals surface area contributed by atoms with Crippen molar-refractivity contribution >= 4 is 22.5 Å². The number of nitrogens with two attached hydrogens (primary N) is 1. The number of hydrogen-bond donors (Lipinski definition) is 3. The Kier molecular flexibility index (Phi) is 4.85. The highest BCUT2D eigenvalue weighted by Crippen LogP contribution is 2.22. The van der Waals surface area contributed by atoms with E-state index in [2.05, 4.69) is 65.5 Å². The Hall–Kier alpha value is -2.75. The van der Waals surface area contributed by atoms with Crippen LogP contribution in [0.4, 0.5) is 5.69 Å². The summed E-state index contributed by atoms with van der Waals surface area (Å²) in [5.41, 5.74) is 11.9. The zero-order chi connectivity index (χ0) is 16.9. The summed E-state index contributed by atoms with van der Waals surface area (Å²) in [7, 11) is 0. The van der Waals surface area contributed by atoms with E-state index in [1.54, 1.807) is 0 Å². The molecule has 0 aliphatic carbocycles. The second-order valence-electron chi connectivity index (χ2n) is 5.87. The second kappa shape index (κ2) is 7.21. The quantitative estimate of drug-likeness (QED) is 0.487. The molecule has 0 radical (unpaired) electrons. The van der Waals surface area contributed by atoms with E-state index in [0.717, 1.165) is 29.7 Å². The number of fused-ring (bicyclic) bond motifs is 1. The number of aliphatic imine (C=N–C) groups is 1. The molecule has 4 nitrogen and oxygen atoms in total. The number of rotatable bonds is 5. The lowest BCUT2D eigenvalue weighted by molar-refractivity contribution is 1.01. The van der Waals surface area contributed by atoms with Crippen LogP contribution in [0.15, 0.2) is 53.5 Å². The maximum absolute atomic E-state index is 6.12. The number of aromatic nitrogens is 1. The van der Waals surface area contributed by atoms with Gasteiger partial charge in [-0.3, -0.25) is 0 Å². The smallest absolute Gasteiger partial charge is 0.193 e. The summed E-state index contributed by atoms with van der Waals surface area (Å²) in [5, 5.41) is 4.49. The molecule has 24 heavy (non-hydrogen) atoms. The van der Waals surface area contributed by atoms with E-state index in [1.165, 1.54) is 16.5 Å². The van der Waals surface area contributed by atoms with E-state index in [0.29, 0.717) is 12.5 Å². The van der Waals surface area contributed by atoms with E-state index in [4.69, 9.17) is 5.73 Å². The van der Waals surface area contributed by atoms with Crippen molar-refractivity contribution < 1.29 is 0 Å². The summed E-state index contributed by atoms with van der Waals surface area (Å²) in [5.74, 6) is 0.448. The maximum Gasteiger partial charge on any atom is 0.193 e. The van der Waals surface area contributed by atoms with Gasteiger partial charge in [0.15, 0.2) is 5.96 Å². The summed E-state index contributed by atoms with van der Waals surface area (Å²) >= 11 is 0. The number of guanidine groups is 1. The Morgan fingerprint density at radius 1 is 1.04 bits per heavy atom. The molecule has 0 unspecified atom stereocenters. The van der Waals surface area contributed by atoms with Gasteiger partial charge in [0.2, 0.25) is 0 Å². The fourth-order valence-corrected chi connectivity index (χ4v) is 2.96. The minimum absolute atomic E-state index is 0.448. The largest absolute Gasteiger partial charge is 0.370 e. The minimum Gasteiger partial charge on any atom is -0.370 e. The summed E-state index contributed by atoms with van der Waals surface area (Å²) in [6, 6.07) is 16.7. The first kappa shape index (κ1) is 16.1. The van der Waals surface area contributed by atoms with Gasteiger partial charge in [-0.25, -0.2) is 4.99 Å². The molecule has 0 saturated heterocycles. The molecule has 0 bridgehead atoms. The minimum atomic E-state index is 0.448. The number of aryl methyl sites for hydroxylation is 2. The molecule has 0 saturated carbocycles. The molecule has 0 fully saturated rings. The van der Waals surface area contributed by atoms with Gasteiger partial charge in [0.05, 0.1) is 6.54 Å². The highest BCUT2D eigenvalue weighted by Gasteiger charge is 2.07. The topological polar surface area (TPSA) is 66.2 Å². The zero-order valence-electron chi connectivity index (χ0n) is 14.3. The van der Waals surface area contributed by atoms with Gasteiger partial charge in [0.25, 0.3) is 0 Å². The number of nitrogens with one attached hydrogen (secondary N) is 2. The van der Waals surface area contributed by atoms with Crippen LogP contribution in [0.1, 0.15) is 30.7 Å². The number of nitrogens with zero attached hydrogens (tertiary/aromatic N) is 1. The first-order valence-electron chi connectivity index (χ1n) is 8.45. The van der Waals surface area contributed by atoms with Gasteiger partial charge < -0.3 is 16.0 Å². The molecule has 3 rings (SSSR count). The number of hydrogen-bond acceptors (Lipinski definition) is 1. The summed E-state index contributed by atoms with van der Waals surface area (Å²) in [4.78, 5) is 7.86. The highest BCUT2D eigenvalue weighted by molar-refractivity contribution is 5.94. The number of benzene rings is 2. The molecule has 1 aromatic heterocycles. The lowest BCUT2D eigenvalue weighted by atomic mass is 10.0. The van der Waals surface area contributed by atoms with Gasteiger partial charge in [-0.15, -0.1) is 0 Å². The monoisotopic (exact) mass is 320 g/mol. The summed E-state index contributed by atoms with van der Waals surface area (Å²) in [6.45, 7) is 4.83. The van der Waals surface area contributed by atoms with E-state index in [1.807, 2.05) is 12.1 Å². The molecule has 124 valence electrons. The average molecular weight is 320 g/mol. The van der Waals surface area contributed by atoms with Gasteiger partial charge in [-0.2, -0.15) is 0 Å². The van der Waals surface area contributed by atoms with Crippen LogP contribution < -0.4 is 11.1 Å². The first-order chi connectivity index (χ1) is 11.7. The first-order valence-corrected chi connectivity index (χ1v) is 8.45. The molecule has 1 heterocycles. The van der Waals surface area contributed by atoms with Crippen LogP contribution in [0.2, 0.25) is 0 Å². The van der Waals surface area contributed by atoms with Gasteiger partial charge in [0.1, 0.15) is 0 Å². The predicted molar refractivity (Wildman–Crippen MR) is 102 cm³/mol. The van der Waals surface area contributed by atoms with Gasteiger partial charge >= 0.3 is 0 Å². The average Bonchev–Trinajstić information content (AvgIpc) is 3.03. The van der Waals surface area contributed by atoms with Crippen molar-refractivity contribution in [3.8, 4) is 0 Å². The molecular weight excluding hydrogens is 296 g/mol. The normalized spacial score (nSPS) is 11.8. The molecule has 4 heteroatoms. The number of H-pyrrole nitrogens is 1. The predicted octanol–water partition coefficient (Wildman–Crippen LogP) is 4.22. The molecule has 0 aliphatic rings. The van der Waals surface area contributed by atoms with Gasteiger partial charge in [-0.05, 0) is 41.5 Å². The Labute approximate surface area is 142 Å². The lowest BCUT2D eigenvalue weighted by Crippen LogP contribution is -2.24. The van der Waals surface area contributed by atoms with Crippen molar-refractivity contribution in [2.24, 2.45) is 10.7 Å². The maximum atomic E-state index is 6.12. The van der Waals surface area contributed by atoms with Crippen molar-refractivity contribution in [2.75, 3.05) is 5.32 Å². The van der Waals surface area contributed by atoms with Crippen LogP contribution in [-0.4, -0.2) is 10.9 Å². The Bertz CT molecular complexity index is 806. The van der Waals surface area contributed by atoms with Crippen LogP contribution in [0.3, 0.4) is 0 Å². The third-order valence-electron chi connectivity index (χ3n) is 4.26. The fourth-order valence-electron chi connectivity index (χ4n) is 2.96. The van der Waals surface area contributed by atoms with Crippen LogP contribution in [0.5, 0.6) is 0 Å². The Morgan fingerprint density at radius 3 is 2.42 bits per heavy atom. The Morgan fingerprint density at radius 2 is 1.75 bits per heavy atom. The highest BCUT2D eigenvalue weighted by atomic mass is 15.1. The molecule has 3 aromatic rings. The molecule has 4 N–H and O–H groups in total. The molecule has 0 atom stereocenters. The van der Waals surface area contributed by atoms with Crippen LogP contribution in [0.25, 0.3) is 10.9 Å². The van der Waals surface area contributed by atoms with E-state index < -0.39 is 0 Å². The number of para-hydroxylation sites is 2. The second-order valence-corrected chi connectivity index (χ2v) is 5.87. The third kappa shape index (κ3) is 3.43. The van der Waals surface area contributed by atoms with Gasteiger partial charge in [-0.1, -0.05) is 50.2 Å². The number of aromatic amines is 1. The van der Waals surface area contributed by atoms with Gasteiger partial charge in [0, 0.05) is 16.9 Å². The summed E-state index contributed by atoms with van der Waals surface area (Å²) < 4.78 is 0. The SMILES string of the molecule is CCc1cccc(CC)c1NC(N)=NCc1cc2ccccc2[nH]1. The van der Waals surface area contributed by atoms with Crippen molar-refractivity contribution in [1.29, 1.82) is 0 Å². The van der Waals surface area contributed by atoms with Crippen molar-refractivity contribution in [3.05, 3.63) is 65.4 Å². The van der Waals surface area contributed by atoms with Crippen molar-refractivity contribution in [2.45, 2.75) is 33.2 Å². The Balaban J connectivity index is 1.77. The van der Waals surface area contributed by atoms with E-state index >= 15 is 0 Å². The van der Waals surface area contributed by atoms with Crippen molar-refractivity contribution in [1.82, 2.24) is 4.98 Å². The summed E-state index contributed by atoms with van der Waals surface area (Å²) in [6.07, 6.45) is 1.93. The zero-order valence-corrected chi connectivity index (χ0v) is 14.3. The van der Waals surface area contributed by atoms with Crippen LogP contribution in [0, 0.1) is 0 Å². The van der Waals surface area contributed by atoms with Crippen LogP contribution >= 0.6 is 0 Å². The molecular formula is C20H24N4.